The molecule has 0 unspecified atom stereocenters. The van der Waals surface area contributed by atoms with Crippen LogP contribution in [0.15, 0.2) is 39.9 Å². The Bertz CT molecular complexity index is 811. The van der Waals surface area contributed by atoms with Gasteiger partial charge in [0.2, 0.25) is 0 Å². The van der Waals surface area contributed by atoms with Crippen LogP contribution in [0.25, 0.3) is 0 Å². The summed E-state index contributed by atoms with van der Waals surface area (Å²) in [6.07, 6.45) is 2.27. The topological polar surface area (TPSA) is 69.9 Å². The number of hydrogen-bond donors (Lipinski definition) is 2. The Balaban J connectivity index is 0.00000392. The van der Waals surface area contributed by atoms with E-state index in [2.05, 4.69) is 15.6 Å². The highest BCUT2D eigenvalue weighted by Crippen LogP contribution is 2.23. The monoisotopic (exact) mass is 538 g/mol. The van der Waals surface area contributed by atoms with Crippen LogP contribution >= 0.6 is 47.2 Å². The van der Waals surface area contributed by atoms with E-state index >= 15 is 0 Å². The molecule has 0 aliphatic carbocycles. The predicted molar refractivity (Wildman–Crippen MR) is 125 cm³/mol. The third kappa shape index (κ3) is 7.18. The van der Waals surface area contributed by atoms with E-state index in [1.807, 2.05) is 31.0 Å². The quantitative estimate of drug-likeness (QED) is 0.238. The Hall–Kier alpha value is -1.45. The van der Waals surface area contributed by atoms with Crippen molar-refractivity contribution in [1.82, 2.24) is 15.5 Å². The van der Waals surface area contributed by atoms with E-state index in [-0.39, 0.29) is 29.9 Å². The Morgan fingerprint density at radius 1 is 1.18 bits per heavy atom. The first-order valence-electron chi connectivity index (χ1n) is 8.60. The van der Waals surface area contributed by atoms with Gasteiger partial charge >= 0.3 is 0 Å². The number of carbonyl (C=O) groups excluding carboxylic acids is 1. The van der Waals surface area contributed by atoms with Crippen molar-refractivity contribution in [3.8, 4) is 0 Å². The van der Waals surface area contributed by atoms with Crippen LogP contribution in [-0.2, 0) is 6.54 Å². The van der Waals surface area contributed by atoms with Crippen LogP contribution in [0.4, 0.5) is 0 Å². The molecule has 0 fully saturated rings. The van der Waals surface area contributed by atoms with Crippen molar-refractivity contribution >= 4 is 59.0 Å². The number of guanidine groups is 1. The van der Waals surface area contributed by atoms with Crippen molar-refractivity contribution in [1.29, 1.82) is 0 Å². The maximum Gasteiger partial charge on any atom is 0.287 e. The molecule has 0 bridgehead atoms. The molecule has 0 atom stereocenters. The molecule has 1 amide bonds. The molecular weight excluding hydrogens is 514 g/mol. The van der Waals surface area contributed by atoms with Gasteiger partial charge in [0.1, 0.15) is 0 Å². The van der Waals surface area contributed by atoms with Gasteiger partial charge in [0, 0.05) is 39.3 Å². The number of aryl methyl sites for hydroxylation is 1. The van der Waals surface area contributed by atoms with Crippen molar-refractivity contribution in [3.05, 3.63) is 57.5 Å². The largest absolute Gasteiger partial charge is 0.459 e. The number of nitrogens with one attached hydrogen (secondary N) is 2. The molecule has 2 N–H and O–H groups in total. The van der Waals surface area contributed by atoms with Crippen molar-refractivity contribution in [3.63, 3.8) is 0 Å². The zero-order valence-corrected chi connectivity index (χ0v) is 19.9. The first kappa shape index (κ1) is 24.6. The maximum absolute atomic E-state index is 12.0. The van der Waals surface area contributed by atoms with Gasteiger partial charge < -0.3 is 20.0 Å². The highest BCUT2D eigenvalue weighted by Gasteiger charge is 2.12. The summed E-state index contributed by atoms with van der Waals surface area (Å²) in [6.45, 7) is 3.70. The summed E-state index contributed by atoms with van der Waals surface area (Å²) < 4.78 is 5.17. The van der Waals surface area contributed by atoms with Crippen molar-refractivity contribution in [2.75, 3.05) is 27.2 Å². The van der Waals surface area contributed by atoms with Crippen LogP contribution in [0.1, 0.15) is 28.1 Å². The van der Waals surface area contributed by atoms with E-state index in [1.54, 1.807) is 19.2 Å². The second-order valence-corrected chi connectivity index (χ2v) is 6.94. The van der Waals surface area contributed by atoms with Crippen molar-refractivity contribution in [2.24, 2.45) is 4.99 Å². The summed E-state index contributed by atoms with van der Waals surface area (Å²) in [5.74, 6) is 0.924. The summed E-state index contributed by atoms with van der Waals surface area (Å²) in [5.41, 5.74) is 1.87. The number of nitrogens with zero attached hydrogens (tertiary/aromatic N) is 2. The van der Waals surface area contributed by atoms with Gasteiger partial charge in [-0.1, -0.05) is 29.3 Å². The summed E-state index contributed by atoms with van der Waals surface area (Å²) in [6, 6.07) is 7.33. The smallest absolute Gasteiger partial charge is 0.287 e. The van der Waals surface area contributed by atoms with E-state index in [0.29, 0.717) is 35.4 Å². The molecular formula is C19H25Cl2IN4O2. The lowest BCUT2D eigenvalue weighted by molar-refractivity contribution is 0.0925. The van der Waals surface area contributed by atoms with Crippen LogP contribution in [-0.4, -0.2) is 44.0 Å². The first-order chi connectivity index (χ1) is 12.9. The minimum atomic E-state index is -0.196. The summed E-state index contributed by atoms with van der Waals surface area (Å²) in [7, 11) is 3.68. The normalized spacial score (nSPS) is 11.0. The van der Waals surface area contributed by atoms with E-state index in [1.165, 1.54) is 6.26 Å². The highest BCUT2D eigenvalue weighted by atomic mass is 127. The third-order valence-electron chi connectivity index (χ3n) is 3.97. The molecule has 2 rings (SSSR count). The Kier molecular flexibility index (Phi) is 10.7. The summed E-state index contributed by atoms with van der Waals surface area (Å²) in [4.78, 5) is 18.2. The van der Waals surface area contributed by atoms with Crippen LogP contribution in [0.2, 0.25) is 10.0 Å². The van der Waals surface area contributed by atoms with Gasteiger partial charge in [-0.05, 0) is 37.1 Å². The van der Waals surface area contributed by atoms with E-state index in [0.717, 1.165) is 23.5 Å². The number of hydrogen-bond acceptors (Lipinski definition) is 3. The molecule has 6 nitrogen and oxygen atoms in total. The zero-order chi connectivity index (χ0) is 19.8. The predicted octanol–water partition coefficient (Wildman–Crippen LogP) is 4.34. The molecule has 0 aliphatic heterocycles. The Morgan fingerprint density at radius 2 is 1.89 bits per heavy atom. The second kappa shape index (κ2) is 12.2. The SMILES string of the molecule is CN=C(NCCCNC(=O)c1occc1C)N(C)Cc1ccc(Cl)c(Cl)c1.I. The van der Waals surface area contributed by atoms with E-state index in [9.17, 15) is 4.79 Å². The standard InChI is InChI=1S/C19H24Cl2N4O2.HI/c1-13-7-10-27-17(13)18(26)23-8-4-9-24-19(22-2)25(3)12-14-5-6-15(20)16(21)11-14;/h5-7,10-11H,4,8-9,12H2,1-3H3,(H,22,24)(H,23,26);1H. The Morgan fingerprint density at radius 3 is 2.50 bits per heavy atom. The third-order valence-corrected chi connectivity index (χ3v) is 4.71. The summed E-state index contributed by atoms with van der Waals surface area (Å²) in [5, 5.41) is 7.20. The number of aliphatic imine (C=N–C) groups is 1. The fourth-order valence-corrected chi connectivity index (χ4v) is 2.87. The van der Waals surface area contributed by atoms with Gasteiger partial charge in [-0.2, -0.15) is 0 Å². The molecule has 9 heteroatoms. The Labute approximate surface area is 192 Å². The highest BCUT2D eigenvalue weighted by molar-refractivity contribution is 14.0. The second-order valence-electron chi connectivity index (χ2n) is 6.12. The molecule has 1 aromatic carbocycles. The lowest BCUT2D eigenvalue weighted by Crippen LogP contribution is -2.39. The molecule has 2 aromatic rings. The number of rotatable bonds is 7. The molecule has 0 saturated carbocycles. The van der Waals surface area contributed by atoms with Crippen LogP contribution in [0, 0.1) is 6.92 Å². The molecule has 28 heavy (non-hydrogen) atoms. The average molecular weight is 539 g/mol. The molecule has 1 aromatic heterocycles. The van der Waals surface area contributed by atoms with Gasteiger partial charge in [0.25, 0.3) is 5.91 Å². The molecule has 0 aliphatic rings. The average Bonchev–Trinajstić information content (AvgIpc) is 3.07. The van der Waals surface area contributed by atoms with Crippen molar-refractivity contribution < 1.29 is 9.21 Å². The molecule has 0 saturated heterocycles. The molecule has 154 valence electrons. The maximum atomic E-state index is 12.0. The van der Waals surface area contributed by atoms with Gasteiger partial charge in [-0.25, -0.2) is 0 Å². The minimum absolute atomic E-state index is 0. The lowest BCUT2D eigenvalue weighted by Gasteiger charge is -2.22. The van der Waals surface area contributed by atoms with Gasteiger partial charge in [0.05, 0.1) is 16.3 Å². The zero-order valence-electron chi connectivity index (χ0n) is 16.1. The number of furan rings is 1. The number of halogens is 3. The number of amides is 1. The van der Waals surface area contributed by atoms with Gasteiger partial charge in [-0.15, -0.1) is 24.0 Å². The van der Waals surface area contributed by atoms with Crippen LogP contribution in [0.5, 0.6) is 0 Å². The molecule has 0 spiro atoms. The number of benzene rings is 1. The molecule has 0 radical (unpaired) electrons. The van der Waals surface area contributed by atoms with Gasteiger partial charge in [-0.3, -0.25) is 9.79 Å². The molecule has 1 heterocycles. The van der Waals surface area contributed by atoms with E-state index in [4.69, 9.17) is 27.6 Å². The van der Waals surface area contributed by atoms with E-state index < -0.39 is 0 Å². The number of carbonyl (C=O) groups is 1. The lowest BCUT2D eigenvalue weighted by atomic mass is 10.2. The fraction of sp³-hybridized carbons (Fsp3) is 0.368. The van der Waals surface area contributed by atoms with Crippen molar-refractivity contribution in [2.45, 2.75) is 19.9 Å². The minimum Gasteiger partial charge on any atom is -0.459 e. The fourth-order valence-electron chi connectivity index (χ4n) is 2.55. The first-order valence-corrected chi connectivity index (χ1v) is 9.36. The van der Waals surface area contributed by atoms with Crippen LogP contribution < -0.4 is 10.6 Å². The summed E-state index contributed by atoms with van der Waals surface area (Å²) >= 11 is 12.0. The van der Waals surface area contributed by atoms with Gasteiger partial charge in [0.15, 0.2) is 11.7 Å². The van der Waals surface area contributed by atoms with Crippen LogP contribution in [0.3, 0.4) is 0 Å².